The maximum Gasteiger partial charge on any atom is 0.321 e. The third kappa shape index (κ3) is 5.36. The molecule has 9 nitrogen and oxygen atoms in total. The molecule has 3 heterocycles. The lowest BCUT2D eigenvalue weighted by atomic mass is 10.1. The van der Waals surface area contributed by atoms with E-state index in [1.54, 1.807) is 17.0 Å². The molecular formula is C22H29N5O4S2. The molecule has 0 aliphatic carbocycles. The summed E-state index contributed by atoms with van der Waals surface area (Å²) in [5.41, 5.74) is 1.35. The number of sulfonamides is 1. The molecule has 2 aliphatic rings. The number of carbonyl (C=O) groups is 2. The Morgan fingerprint density at radius 3 is 2.42 bits per heavy atom. The minimum atomic E-state index is -3.52. The van der Waals surface area contributed by atoms with Gasteiger partial charge in [0, 0.05) is 42.5 Å². The highest BCUT2D eigenvalue weighted by Gasteiger charge is 2.28. The first-order valence-electron chi connectivity index (χ1n) is 11.2. The second-order valence-corrected chi connectivity index (χ2v) is 11.6. The Bertz CT molecular complexity index is 1120. The van der Waals surface area contributed by atoms with Crippen LogP contribution in [0.25, 0.3) is 0 Å². The summed E-state index contributed by atoms with van der Waals surface area (Å²) in [7, 11) is -3.52. The number of aromatic nitrogens is 1. The zero-order valence-electron chi connectivity index (χ0n) is 18.8. The van der Waals surface area contributed by atoms with Gasteiger partial charge in [0.2, 0.25) is 10.0 Å². The first-order chi connectivity index (χ1) is 15.7. The Kier molecular flexibility index (Phi) is 7.01. The van der Waals surface area contributed by atoms with Crippen molar-refractivity contribution in [3.63, 3.8) is 0 Å². The SMILES string of the molecule is CC(C)NC(=O)Nc1nc2c(s1)CN(C(=O)c1ccc(S(=O)(=O)N3CCCCC3)cc1)CC2. The zero-order chi connectivity index (χ0) is 23.6. The molecule has 0 saturated carbocycles. The first-order valence-corrected chi connectivity index (χ1v) is 13.5. The topological polar surface area (TPSA) is 112 Å². The monoisotopic (exact) mass is 491 g/mol. The summed E-state index contributed by atoms with van der Waals surface area (Å²) in [6.45, 7) is 5.78. The van der Waals surface area contributed by atoms with Crippen LogP contribution in [0.2, 0.25) is 0 Å². The number of benzene rings is 1. The second kappa shape index (κ2) is 9.78. The van der Waals surface area contributed by atoms with Crippen molar-refractivity contribution in [1.29, 1.82) is 0 Å². The number of nitrogens with one attached hydrogen (secondary N) is 2. The summed E-state index contributed by atoms with van der Waals surface area (Å²) in [6, 6.07) is 5.94. The first kappa shape index (κ1) is 23.7. The van der Waals surface area contributed by atoms with Crippen molar-refractivity contribution in [2.45, 2.75) is 57.0 Å². The van der Waals surface area contributed by atoms with Crippen molar-refractivity contribution in [3.05, 3.63) is 40.4 Å². The van der Waals surface area contributed by atoms with E-state index in [1.807, 2.05) is 13.8 Å². The highest BCUT2D eigenvalue weighted by molar-refractivity contribution is 7.89. The van der Waals surface area contributed by atoms with E-state index < -0.39 is 10.0 Å². The van der Waals surface area contributed by atoms with E-state index in [4.69, 9.17) is 0 Å². The minimum absolute atomic E-state index is 0.0222. The quantitative estimate of drug-likeness (QED) is 0.668. The highest BCUT2D eigenvalue weighted by Crippen LogP contribution is 2.29. The van der Waals surface area contributed by atoms with Crippen LogP contribution in [0.15, 0.2) is 29.2 Å². The fourth-order valence-corrected chi connectivity index (χ4v) is 6.56. The molecule has 178 valence electrons. The van der Waals surface area contributed by atoms with E-state index >= 15 is 0 Å². The van der Waals surface area contributed by atoms with Gasteiger partial charge in [0.1, 0.15) is 0 Å². The fraction of sp³-hybridized carbons (Fsp3) is 0.500. The van der Waals surface area contributed by atoms with Crippen LogP contribution in [0, 0.1) is 0 Å². The van der Waals surface area contributed by atoms with Gasteiger partial charge in [0.25, 0.3) is 5.91 Å². The van der Waals surface area contributed by atoms with Gasteiger partial charge in [-0.3, -0.25) is 10.1 Å². The van der Waals surface area contributed by atoms with Gasteiger partial charge < -0.3 is 10.2 Å². The standard InChI is InChI=1S/C22H29N5O4S2/c1-15(2)23-21(29)25-22-24-18-10-13-26(14-19(18)32-22)20(28)16-6-8-17(9-7-16)33(30,31)27-11-4-3-5-12-27/h6-9,15H,3-5,10-14H2,1-2H3,(H2,23,24,25,29). The molecule has 0 spiro atoms. The molecule has 1 fully saturated rings. The zero-order valence-corrected chi connectivity index (χ0v) is 20.5. The van der Waals surface area contributed by atoms with Crippen molar-refractivity contribution < 1.29 is 18.0 Å². The average molecular weight is 492 g/mol. The summed E-state index contributed by atoms with van der Waals surface area (Å²) in [5.74, 6) is -0.150. The van der Waals surface area contributed by atoms with Crippen molar-refractivity contribution >= 4 is 38.4 Å². The van der Waals surface area contributed by atoms with Crippen LogP contribution in [-0.4, -0.2) is 60.2 Å². The lowest BCUT2D eigenvalue weighted by molar-refractivity contribution is 0.0736. The molecule has 1 aromatic heterocycles. The molecule has 3 amide bonds. The minimum Gasteiger partial charge on any atom is -0.336 e. The summed E-state index contributed by atoms with van der Waals surface area (Å²) < 4.78 is 27.2. The predicted molar refractivity (Wildman–Crippen MR) is 127 cm³/mol. The number of hydrogen-bond donors (Lipinski definition) is 2. The fourth-order valence-electron chi connectivity index (χ4n) is 4.02. The molecule has 0 radical (unpaired) electrons. The van der Waals surface area contributed by atoms with Gasteiger partial charge in [0.05, 0.1) is 17.1 Å². The molecule has 1 aromatic carbocycles. The van der Waals surface area contributed by atoms with E-state index in [-0.39, 0.29) is 22.9 Å². The van der Waals surface area contributed by atoms with Gasteiger partial charge in [-0.1, -0.05) is 17.8 Å². The smallest absolute Gasteiger partial charge is 0.321 e. The predicted octanol–water partition coefficient (Wildman–Crippen LogP) is 3.05. The summed E-state index contributed by atoms with van der Waals surface area (Å²) in [6.07, 6.45) is 3.42. The van der Waals surface area contributed by atoms with Crippen molar-refractivity contribution in [2.75, 3.05) is 25.0 Å². The molecule has 2 aromatic rings. The molecule has 0 bridgehead atoms. The summed E-state index contributed by atoms with van der Waals surface area (Å²) in [4.78, 5) is 32.4. The number of anilines is 1. The van der Waals surface area contributed by atoms with Gasteiger partial charge in [-0.15, -0.1) is 0 Å². The van der Waals surface area contributed by atoms with Crippen LogP contribution in [0.3, 0.4) is 0 Å². The second-order valence-electron chi connectivity index (χ2n) is 8.61. The summed E-state index contributed by atoms with van der Waals surface area (Å²) >= 11 is 1.37. The largest absolute Gasteiger partial charge is 0.336 e. The number of urea groups is 1. The number of carbonyl (C=O) groups excluding carboxylic acids is 2. The van der Waals surface area contributed by atoms with Gasteiger partial charge in [0.15, 0.2) is 5.13 Å². The highest BCUT2D eigenvalue weighted by atomic mass is 32.2. The number of piperidine rings is 1. The Hall–Kier alpha value is -2.50. The Labute approximate surface area is 198 Å². The van der Waals surface area contributed by atoms with E-state index in [0.29, 0.717) is 43.3 Å². The maximum absolute atomic E-state index is 13.0. The number of amides is 3. The molecule has 0 unspecified atom stereocenters. The van der Waals surface area contributed by atoms with E-state index in [2.05, 4.69) is 15.6 Å². The molecule has 2 aliphatic heterocycles. The lowest BCUT2D eigenvalue weighted by Gasteiger charge is -2.27. The van der Waals surface area contributed by atoms with Crippen molar-refractivity contribution in [1.82, 2.24) is 19.5 Å². The maximum atomic E-state index is 13.0. The van der Waals surface area contributed by atoms with Crippen LogP contribution in [-0.2, 0) is 23.0 Å². The molecular weight excluding hydrogens is 462 g/mol. The molecule has 1 saturated heterocycles. The van der Waals surface area contributed by atoms with Crippen molar-refractivity contribution in [2.24, 2.45) is 0 Å². The number of thiazole rings is 1. The van der Waals surface area contributed by atoms with Gasteiger partial charge in [-0.05, 0) is 51.0 Å². The normalized spacial score (nSPS) is 17.0. The molecule has 4 rings (SSSR count). The van der Waals surface area contributed by atoms with E-state index in [9.17, 15) is 18.0 Å². The third-order valence-electron chi connectivity index (χ3n) is 5.71. The van der Waals surface area contributed by atoms with Crippen LogP contribution in [0.5, 0.6) is 0 Å². The summed E-state index contributed by atoms with van der Waals surface area (Å²) in [5, 5.41) is 6.02. The Balaban J connectivity index is 1.42. The lowest BCUT2D eigenvalue weighted by Crippen LogP contribution is -2.36. The van der Waals surface area contributed by atoms with Crippen molar-refractivity contribution in [3.8, 4) is 0 Å². The van der Waals surface area contributed by atoms with Crippen LogP contribution < -0.4 is 10.6 Å². The van der Waals surface area contributed by atoms with E-state index in [0.717, 1.165) is 29.8 Å². The molecule has 33 heavy (non-hydrogen) atoms. The number of rotatable bonds is 5. The van der Waals surface area contributed by atoms with Crippen LogP contribution in [0.4, 0.5) is 9.93 Å². The number of nitrogens with zero attached hydrogens (tertiary/aromatic N) is 3. The number of hydrogen-bond acceptors (Lipinski definition) is 6. The Morgan fingerprint density at radius 2 is 1.76 bits per heavy atom. The van der Waals surface area contributed by atoms with Crippen LogP contribution >= 0.6 is 11.3 Å². The average Bonchev–Trinajstić information content (AvgIpc) is 3.20. The van der Waals surface area contributed by atoms with Gasteiger partial charge in [-0.25, -0.2) is 18.2 Å². The third-order valence-corrected chi connectivity index (χ3v) is 8.62. The molecule has 2 N–H and O–H groups in total. The van der Waals surface area contributed by atoms with E-state index in [1.165, 1.54) is 27.8 Å². The number of fused-ring (bicyclic) bond motifs is 1. The Morgan fingerprint density at radius 1 is 1.06 bits per heavy atom. The van der Waals surface area contributed by atoms with Gasteiger partial charge in [-0.2, -0.15) is 4.31 Å². The molecule has 11 heteroatoms. The molecule has 0 atom stereocenters. The van der Waals surface area contributed by atoms with Gasteiger partial charge >= 0.3 is 6.03 Å². The van der Waals surface area contributed by atoms with Crippen LogP contribution in [0.1, 0.15) is 54.0 Å².